The van der Waals surface area contributed by atoms with Crippen molar-refractivity contribution in [3.05, 3.63) is 28.3 Å². The van der Waals surface area contributed by atoms with Crippen LogP contribution in [0, 0.1) is 29.6 Å². The smallest absolute Gasteiger partial charge is 0.417 e. The van der Waals surface area contributed by atoms with Crippen molar-refractivity contribution in [2.75, 3.05) is 27.2 Å². The van der Waals surface area contributed by atoms with Gasteiger partial charge in [0.15, 0.2) is 34.7 Å². The predicted octanol–water partition coefficient (Wildman–Crippen LogP) is 1.75. The fourth-order valence-electron chi connectivity index (χ4n) is 7.25. The number of carbonyl (C=O) groups excluding carboxylic acids is 5. The van der Waals surface area contributed by atoms with E-state index in [0.717, 1.165) is 12.5 Å². The topological polar surface area (TPSA) is 158 Å². The number of aliphatic hydroxyl groups is 1. The van der Waals surface area contributed by atoms with E-state index in [1.54, 1.807) is 0 Å². The number of hydrogen-bond acceptors (Lipinski definition) is 9. The number of ketones is 4. The van der Waals surface area contributed by atoms with Gasteiger partial charge in [-0.1, -0.05) is 20.8 Å². The summed E-state index contributed by atoms with van der Waals surface area (Å²) in [6.45, 7) is 6.63. The van der Waals surface area contributed by atoms with E-state index in [2.05, 4.69) is 0 Å². The molecule has 6 atom stereocenters. The number of primary amides is 1. The van der Waals surface area contributed by atoms with Crippen LogP contribution in [0.1, 0.15) is 60.7 Å². The summed E-state index contributed by atoms with van der Waals surface area (Å²) in [5.74, 6) is -13.0. The highest BCUT2D eigenvalue weighted by molar-refractivity contribution is 6.32. The first-order chi connectivity index (χ1) is 19.9. The van der Waals surface area contributed by atoms with Gasteiger partial charge in [-0.2, -0.15) is 13.2 Å². The molecular formula is C30H38F3N3O7. The summed E-state index contributed by atoms with van der Waals surface area (Å²) in [5, 5.41) is 22.5. The first-order valence-electron chi connectivity index (χ1n) is 14.4. The molecule has 2 fully saturated rings. The van der Waals surface area contributed by atoms with Gasteiger partial charge in [-0.3, -0.25) is 33.8 Å². The summed E-state index contributed by atoms with van der Waals surface area (Å²) >= 11 is 0. The maximum Gasteiger partial charge on any atom is 0.417 e. The lowest BCUT2D eigenvalue weighted by atomic mass is 9.52. The van der Waals surface area contributed by atoms with Crippen LogP contribution in [0.5, 0.6) is 5.75 Å². The zero-order valence-corrected chi connectivity index (χ0v) is 24.8. The molecule has 0 bridgehead atoms. The number of Topliss-reactive ketones (excluding diaryl/α,β-unsaturated/α-hetero) is 4. The van der Waals surface area contributed by atoms with Gasteiger partial charge < -0.3 is 15.9 Å². The Hall–Kier alpha value is -3.16. The molecule has 13 heteroatoms. The van der Waals surface area contributed by atoms with Gasteiger partial charge >= 0.3 is 6.18 Å². The Morgan fingerprint density at radius 3 is 2.30 bits per heavy atom. The number of likely N-dealkylation sites (N-methyl/N-ethyl adjacent to an activating group) is 1. The molecule has 4 rings (SSSR count). The number of rotatable bonds is 8. The van der Waals surface area contributed by atoms with Crippen LogP contribution in [0.25, 0.3) is 0 Å². The molecule has 236 valence electrons. The number of hydrogen-bond donors (Lipinski definition) is 3. The molecule has 0 radical (unpaired) electrons. The molecule has 3 aliphatic rings. The second kappa shape index (κ2) is 11.4. The van der Waals surface area contributed by atoms with Crippen molar-refractivity contribution in [2.45, 2.75) is 64.4 Å². The molecule has 2 saturated carbocycles. The average Bonchev–Trinajstić information content (AvgIpc) is 2.87. The molecule has 0 heterocycles. The first-order valence-corrected chi connectivity index (χ1v) is 14.4. The Morgan fingerprint density at radius 1 is 1.16 bits per heavy atom. The summed E-state index contributed by atoms with van der Waals surface area (Å²) in [4.78, 5) is 69.4. The van der Waals surface area contributed by atoms with Gasteiger partial charge in [-0.05, 0) is 75.5 Å². The monoisotopic (exact) mass is 609 g/mol. The summed E-state index contributed by atoms with van der Waals surface area (Å²) in [6.07, 6.45) is -4.96. The highest BCUT2D eigenvalue weighted by Crippen LogP contribution is 2.52. The number of alkyl halides is 3. The molecular weight excluding hydrogens is 571 g/mol. The molecule has 4 N–H and O–H groups in total. The van der Waals surface area contributed by atoms with Gasteiger partial charge in [0, 0.05) is 12.5 Å². The summed E-state index contributed by atoms with van der Waals surface area (Å²) < 4.78 is 44.2. The maximum atomic E-state index is 14.7. The standard InChI is InChI=1S/C30H38F3N3O7/c1-6-36(8-7-13(2)3)12-15-11-18(37)20-16(22(15)30(31,32)33)9-14-10-17-23(35(4)5)25(39)21(28(34)42)27(41)29(17,43)26(40)19(14)24(20)38/h11,13-14,17,19,21,23,37,43H,6-10,12H2,1-5H3,(H2,34,42)/t14-,17-,19?,21?,23-,29-/m0/s1. The van der Waals surface area contributed by atoms with Crippen molar-refractivity contribution < 1.29 is 47.4 Å². The number of fused-ring (bicyclic) bond motifs is 3. The Bertz CT molecular complexity index is 1380. The van der Waals surface area contributed by atoms with E-state index < -0.39 is 99.4 Å². The minimum Gasteiger partial charge on any atom is -0.507 e. The first kappa shape index (κ1) is 32.7. The average molecular weight is 610 g/mol. The summed E-state index contributed by atoms with van der Waals surface area (Å²) in [5.41, 5.74) is -0.0397. The van der Waals surface area contributed by atoms with Crippen molar-refractivity contribution >= 4 is 29.0 Å². The Balaban J connectivity index is 1.86. The van der Waals surface area contributed by atoms with Crippen molar-refractivity contribution in [2.24, 2.45) is 35.3 Å². The lowest BCUT2D eigenvalue weighted by molar-refractivity contribution is -0.181. The van der Waals surface area contributed by atoms with Crippen LogP contribution < -0.4 is 5.73 Å². The predicted molar refractivity (Wildman–Crippen MR) is 147 cm³/mol. The molecule has 1 amide bonds. The number of nitrogens with two attached hydrogens (primary N) is 1. The summed E-state index contributed by atoms with van der Waals surface area (Å²) in [7, 11) is 2.86. The van der Waals surface area contributed by atoms with Crippen LogP contribution in [0.3, 0.4) is 0 Å². The van der Waals surface area contributed by atoms with Gasteiger partial charge in [0.1, 0.15) is 5.75 Å². The number of benzene rings is 1. The van der Waals surface area contributed by atoms with E-state index in [-0.39, 0.29) is 18.5 Å². The number of halogens is 3. The second-order valence-electron chi connectivity index (χ2n) is 12.6. The van der Waals surface area contributed by atoms with Gasteiger partial charge in [0.25, 0.3) is 0 Å². The highest BCUT2D eigenvalue weighted by atomic mass is 19.4. The molecule has 0 aromatic heterocycles. The fourth-order valence-corrected chi connectivity index (χ4v) is 7.25. The number of phenolic OH excluding ortho intramolecular Hbond substituents is 1. The molecule has 0 saturated heterocycles. The van der Waals surface area contributed by atoms with Gasteiger partial charge in [0.05, 0.1) is 23.1 Å². The van der Waals surface area contributed by atoms with Crippen molar-refractivity contribution in [1.29, 1.82) is 0 Å². The number of aromatic hydroxyl groups is 1. The normalized spacial score (nSPS) is 29.3. The molecule has 0 spiro atoms. The summed E-state index contributed by atoms with van der Waals surface area (Å²) in [6, 6.07) is -0.444. The number of nitrogens with zero attached hydrogens (tertiary/aromatic N) is 2. The lowest BCUT2D eigenvalue weighted by Gasteiger charge is -2.52. The van der Waals surface area contributed by atoms with Crippen LogP contribution >= 0.6 is 0 Å². The van der Waals surface area contributed by atoms with E-state index in [4.69, 9.17) is 5.73 Å². The third kappa shape index (κ3) is 5.29. The number of carbonyl (C=O) groups is 5. The third-order valence-electron chi connectivity index (χ3n) is 9.29. The van der Waals surface area contributed by atoms with E-state index in [0.29, 0.717) is 19.0 Å². The third-order valence-corrected chi connectivity index (χ3v) is 9.29. The Labute approximate surface area is 247 Å². The SMILES string of the molecule is CCN(CCC(C)C)Cc1cc(O)c2c(c1C(F)(F)F)C[C@H]1C[C@H]3[C@H](N(C)C)C(=O)C(C(N)=O)C(=O)[C@@]3(O)C(=O)C1C2=O. The molecule has 0 aliphatic heterocycles. The van der Waals surface area contributed by atoms with Gasteiger partial charge in [-0.15, -0.1) is 0 Å². The fraction of sp³-hybridized carbons (Fsp3) is 0.633. The Kier molecular flexibility index (Phi) is 8.68. The minimum atomic E-state index is -4.91. The molecule has 10 nitrogen and oxygen atoms in total. The van der Waals surface area contributed by atoms with Crippen molar-refractivity contribution in [1.82, 2.24) is 9.80 Å². The van der Waals surface area contributed by atoms with Crippen LogP contribution in [-0.2, 0) is 38.3 Å². The quantitative estimate of drug-likeness (QED) is 0.374. The van der Waals surface area contributed by atoms with E-state index in [9.17, 15) is 47.4 Å². The van der Waals surface area contributed by atoms with E-state index in [1.807, 2.05) is 25.7 Å². The molecule has 1 aromatic rings. The van der Waals surface area contributed by atoms with Crippen LogP contribution in [-0.4, -0.2) is 87.9 Å². The van der Waals surface area contributed by atoms with Crippen molar-refractivity contribution in [3.63, 3.8) is 0 Å². The van der Waals surface area contributed by atoms with Crippen molar-refractivity contribution in [3.8, 4) is 5.75 Å². The minimum absolute atomic E-state index is 0.136. The Morgan fingerprint density at radius 2 is 1.79 bits per heavy atom. The van der Waals surface area contributed by atoms with E-state index >= 15 is 0 Å². The maximum absolute atomic E-state index is 14.7. The zero-order valence-electron chi connectivity index (χ0n) is 24.8. The lowest BCUT2D eigenvalue weighted by Crippen LogP contribution is -2.74. The van der Waals surface area contributed by atoms with E-state index in [1.165, 1.54) is 19.0 Å². The molecule has 1 aromatic carbocycles. The molecule has 43 heavy (non-hydrogen) atoms. The second-order valence-corrected chi connectivity index (χ2v) is 12.6. The van der Waals surface area contributed by atoms with Crippen LogP contribution in [0.2, 0.25) is 0 Å². The number of amides is 1. The number of phenols is 1. The van der Waals surface area contributed by atoms with Crippen LogP contribution in [0.15, 0.2) is 6.07 Å². The van der Waals surface area contributed by atoms with Gasteiger partial charge in [0.2, 0.25) is 5.91 Å². The molecule has 2 unspecified atom stereocenters. The largest absolute Gasteiger partial charge is 0.507 e. The molecule has 3 aliphatic carbocycles. The van der Waals surface area contributed by atoms with Gasteiger partial charge in [-0.25, -0.2) is 0 Å². The van der Waals surface area contributed by atoms with Crippen LogP contribution in [0.4, 0.5) is 13.2 Å². The zero-order chi connectivity index (χ0) is 32.3. The highest BCUT2D eigenvalue weighted by Gasteiger charge is 2.69.